The van der Waals surface area contributed by atoms with E-state index in [1.54, 1.807) is 0 Å². The Morgan fingerprint density at radius 1 is 1.47 bits per heavy atom. The molecule has 0 spiro atoms. The van der Waals surface area contributed by atoms with Crippen LogP contribution in [0, 0.1) is 17.0 Å². The number of benzene rings is 1. The van der Waals surface area contributed by atoms with Crippen molar-refractivity contribution in [3.8, 4) is 0 Å². The van der Waals surface area contributed by atoms with Crippen LogP contribution in [0.4, 0.5) is 8.78 Å². The van der Waals surface area contributed by atoms with Crippen LogP contribution in [0.5, 0.6) is 0 Å². The predicted molar refractivity (Wildman–Crippen MR) is 59.3 cm³/mol. The molecule has 0 amide bonds. The molecule has 0 radical (unpaired) electrons. The topological polar surface area (TPSA) is 63.3 Å². The van der Waals surface area contributed by atoms with Crippen LogP contribution >= 0.6 is 0 Å². The molecule has 1 aromatic rings. The van der Waals surface area contributed by atoms with E-state index >= 15 is 0 Å². The van der Waals surface area contributed by atoms with Gasteiger partial charge in [-0.1, -0.05) is 0 Å². The van der Waals surface area contributed by atoms with Gasteiger partial charge in [0.05, 0.1) is 5.41 Å². The first-order chi connectivity index (χ1) is 7.74. The van der Waals surface area contributed by atoms with Crippen LogP contribution in [-0.4, -0.2) is 11.1 Å². The second-order valence-electron chi connectivity index (χ2n) is 4.67. The van der Waals surface area contributed by atoms with Gasteiger partial charge in [0.25, 0.3) is 0 Å². The van der Waals surface area contributed by atoms with Gasteiger partial charge in [0.2, 0.25) is 0 Å². The maximum absolute atomic E-state index is 13.4. The van der Waals surface area contributed by atoms with Gasteiger partial charge in [-0.15, -0.1) is 0 Å². The minimum absolute atomic E-state index is 0.000625. The van der Waals surface area contributed by atoms with Crippen molar-refractivity contribution in [1.29, 1.82) is 0 Å². The number of carbonyl (C=O) groups is 1. The second kappa shape index (κ2) is 4.79. The Balaban J connectivity index is 2.94. The Kier molecular flexibility index (Phi) is 3.83. The summed E-state index contributed by atoms with van der Waals surface area (Å²) >= 11 is 0. The molecule has 0 aliphatic heterocycles. The molecule has 1 aromatic carbocycles. The van der Waals surface area contributed by atoms with Crippen LogP contribution in [0.15, 0.2) is 18.2 Å². The summed E-state index contributed by atoms with van der Waals surface area (Å²) < 4.78 is 26.4. The summed E-state index contributed by atoms with van der Waals surface area (Å²) in [5, 5.41) is 8.94. The number of halogens is 2. The zero-order valence-electron chi connectivity index (χ0n) is 9.71. The fourth-order valence-electron chi connectivity index (χ4n) is 1.55. The second-order valence-corrected chi connectivity index (χ2v) is 4.67. The number of aliphatic carboxylic acids is 1. The van der Waals surface area contributed by atoms with E-state index < -0.39 is 29.1 Å². The van der Waals surface area contributed by atoms with Crippen LogP contribution in [0.1, 0.15) is 31.9 Å². The molecular formula is C12H15F2NO2. The Hall–Kier alpha value is -1.49. The maximum atomic E-state index is 13.4. The highest BCUT2D eigenvalue weighted by molar-refractivity contribution is 5.73. The Bertz CT molecular complexity index is 433. The van der Waals surface area contributed by atoms with Crippen LogP contribution in [-0.2, 0) is 4.79 Å². The third kappa shape index (κ3) is 3.23. The van der Waals surface area contributed by atoms with Gasteiger partial charge >= 0.3 is 5.97 Å². The van der Waals surface area contributed by atoms with E-state index in [1.165, 1.54) is 13.8 Å². The molecular weight excluding hydrogens is 228 g/mol. The maximum Gasteiger partial charge on any atom is 0.309 e. The molecule has 1 atom stereocenters. The molecule has 0 saturated heterocycles. The molecule has 1 unspecified atom stereocenters. The van der Waals surface area contributed by atoms with Crippen molar-refractivity contribution in [1.82, 2.24) is 0 Å². The molecule has 0 heterocycles. The number of hydrogen-bond donors (Lipinski definition) is 2. The van der Waals surface area contributed by atoms with E-state index in [9.17, 15) is 13.6 Å². The molecule has 0 aliphatic carbocycles. The normalized spacial score (nSPS) is 13.5. The van der Waals surface area contributed by atoms with Crippen molar-refractivity contribution in [2.45, 2.75) is 26.3 Å². The average molecular weight is 243 g/mol. The van der Waals surface area contributed by atoms with E-state index in [4.69, 9.17) is 10.8 Å². The molecule has 3 nitrogen and oxygen atoms in total. The minimum Gasteiger partial charge on any atom is -0.481 e. The standard InChI is InChI=1S/C12H15F2NO2/c1-12(2,11(16)17)6-10(15)8-5-7(13)3-4-9(8)14/h3-5,10H,6,15H2,1-2H3,(H,16,17). The van der Waals surface area contributed by atoms with Crippen LogP contribution in [0.2, 0.25) is 0 Å². The van der Waals surface area contributed by atoms with Crippen molar-refractivity contribution in [3.63, 3.8) is 0 Å². The highest BCUT2D eigenvalue weighted by Gasteiger charge is 2.30. The molecule has 0 bridgehead atoms. The molecule has 0 aliphatic rings. The number of hydrogen-bond acceptors (Lipinski definition) is 2. The number of nitrogens with two attached hydrogens (primary N) is 1. The van der Waals surface area contributed by atoms with E-state index in [2.05, 4.69) is 0 Å². The van der Waals surface area contributed by atoms with E-state index in [0.717, 1.165) is 18.2 Å². The highest BCUT2D eigenvalue weighted by Crippen LogP contribution is 2.30. The number of carboxylic acid groups (broad SMARTS) is 1. The van der Waals surface area contributed by atoms with Crippen molar-refractivity contribution < 1.29 is 18.7 Å². The van der Waals surface area contributed by atoms with Gasteiger partial charge in [-0.2, -0.15) is 0 Å². The Labute approximate surface area is 98.2 Å². The van der Waals surface area contributed by atoms with Gasteiger partial charge in [-0.3, -0.25) is 4.79 Å². The molecule has 17 heavy (non-hydrogen) atoms. The molecule has 1 rings (SSSR count). The summed E-state index contributed by atoms with van der Waals surface area (Å²) in [4.78, 5) is 10.9. The molecule has 0 fully saturated rings. The predicted octanol–water partition coefficient (Wildman–Crippen LogP) is 2.47. The summed E-state index contributed by atoms with van der Waals surface area (Å²) in [6, 6.07) is 2.13. The third-order valence-corrected chi connectivity index (χ3v) is 2.67. The van der Waals surface area contributed by atoms with E-state index in [1.807, 2.05) is 0 Å². The largest absolute Gasteiger partial charge is 0.481 e. The van der Waals surface area contributed by atoms with Crippen molar-refractivity contribution >= 4 is 5.97 Å². The lowest BCUT2D eigenvalue weighted by molar-refractivity contribution is -0.147. The fourth-order valence-corrected chi connectivity index (χ4v) is 1.55. The van der Waals surface area contributed by atoms with Gasteiger partial charge in [-0.05, 0) is 38.5 Å². The van der Waals surface area contributed by atoms with Gasteiger partial charge < -0.3 is 10.8 Å². The number of carboxylic acids is 1. The van der Waals surface area contributed by atoms with E-state index in [-0.39, 0.29) is 12.0 Å². The van der Waals surface area contributed by atoms with Gasteiger partial charge in [0, 0.05) is 11.6 Å². The van der Waals surface area contributed by atoms with Gasteiger partial charge in [0.1, 0.15) is 11.6 Å². The molecule has 0 saturated carbocycles. The summed E-state index contributed by atoms with van der Waals surface area (Å²) in [5.41, 5.74) is 4.63. The SMILES string of the molecule is CC(C)(CC(N)c1cc(F)ccc1F)C(=O)O. The quantitative estimate of drug-likeness (QED) is 0.853. The Morgan fingerprint density at radius 2 is 2.06 bits per heavy atom. The van der Waals surface area contributed by atoms with Crippen molar-refractivity contribution in [2.75, 3.05) is 0 Å². The van der Waals surface area contributed by atoms with Crippen LogP contribution in [0.3, 0.4) is 0 Å². The molecule has 3 N–H and O–H groups in total. The first-order valence-electron chi connectivity index (χ1n) is 5.18. The van der Waals surface area contributed by atoms with E-state index in [0.29, 0.717) is 0 Å². The smallest absolute Gasteiger partial charge is 0.309 e. The lowest BCUT2D eigenvalue weighted by atomic mass is 9.84. The molecule has 0 aromatic heterocycles. The first-order valence-corrected chi connectivity index (χ1v) is 5.18. The van der Waals surface area contributed by atoms with Crippen LogP contribution in [0.25, 0.3) is 0 Å². The minimum atomic E-state index is -1.09. The molecule has 94 valence electrons. The fraction of sp³-hybridized carbons (Fsp3) is 0.417. The third-order valence-electron chi connectivity index (χ3n) is 2.67. The summed E-state index contributed by atoms with van der Waals surface area (Å²) in [7, 11) is 0. The summed E-state index contributed by atoms with van der Waals surface area (Å²) in [6.07, 6.45) is 0.0305. The highest BCUT2D eigenvalue weighted by atomic mass is 19.1. The van der Waals surface area contributed by atoms with Crippen LogP contribution < -0.4 is 5.73 Å². The van der Waals surface area contributed by atoms with Gasteiger partial charge in [0.15, 0.2) is 0 Å². The lowest BCUT2D eigenvalue weighted by Crippen LogP contribution is -2.29. The van der Waals surface area contributed by atoms with Crippen molar-refractivity contribution in [3.05, 3.63) is 35.4 Å². The number of rotatable bonds is 4. The summed E-state index contributed by atoms with van der Waals surface area (Å²) in [5.74, 6) is -2.24. The lowest BCUT2D eigenvalue weighted by Gasteiger charge is -2.23. The monoisotopic (exact) mass is 243 g/mol. The average Bonchev–Trinajstić information content (AvgIpc) is 2.20. The van der Waals surface area contributed by atoms with Crippen molar-refractivity contribution in [2.24, 2.45) is 11.1 Å². The summed E-state index contributed by atoms with van der Waals surface area (Å²) in [6.45, 7) is 2.98. The van der Waals surface area contributed by atoms with Gasteiger partial charge in [-0.25, -0.2) is 8.78 Å². The zero-order valence-corrected chi connectivity index (χ0v) is 9.71. The Morgan fingerprint density at radius 3 is 2.59 bits per heavy atom. The molecule has 5 heteroatoms. The zero-order chi connectivity index (χ0) is 13.2. The first kappa shape index (κ1) is 13.6.